The number of pyridine rings is 1. The molecule has 1 fully saturated rings. The van der Waals surface area contributed by atoms with E-state index in [4.69, 9.17) is 11.6 Å². The van der Waals surface area contributed by atoms with Crippen LogP contribution in [0.25, 0.3) is 0 Å². The Bertz CT molecular complexity index is 335. The van der Waals surface area contributed by atoms with Crippen LogP contribution in [0.1, 0.15) is 18.4 Å². The molecule has 15 heavy (non-hydrogen) atoms. The second-order valence-electron chi connectivity index (χ2n) is 4.01. The number of halogens is 1. The minimum atomic E-state index is 0.583. The molecular weight excluding hydrogens is 210 g/mol. The molecule has 1 unspecified atom stereocenters. The van der Waals surface area contributed by atoms with Crippen molar-refractivity contribution in [2.45, 2.75) is 25.8 Å². The van der Waals surface area contributed by atoms with Gasteiger partial charge < -0.3 is 10.6 Å². The topological polar surface area (TPSA) is 37.0 Å². The van der Waals surface area contributed by atoms with Gasteiger partial charge in [-0.05, 0) is 37.9 Å². The normalized spacial score (nSPS) is 20.5. The van der Waals surface area contributed by atoms with Crippen LogP contribution in [0, 0.1) is 6.92 Å². The zero-order valence-electron chi connectivity index (χ0n) is 8.89. The average molecular weight is 226 g/mol. The molecule has 0 aliphatic carbocycles. The Hall–Kier alpha value is -0.800. The van der Waals surface area contributed by atoms with Gasteiger partial charge in [0, 0.05) is 12.6 Å². The number of rotatable bonds is 3. The molecule has 2 N–H and O–H groups in total. The van der Waals surface area contributed by atoms with Crippen LogP contribution in [0.2, 0.25) is 5.15 Å². The van der Waals surface area contributed by atoms with E-state index in [1.807, 2.05) is 13.0 Å². The van der Waals surface area contributed by atoms with E-state index < -0.39 is 0 Å². The van der Waals surface area contributed by atoms with Crippen LogP contribution in [-0.2, 0) is 0 Å². The van der Waals surface area contributed by atoms with E-state index in [9.17, 15) is 0 Å². The van der Waals surface area contributed by atoms with Gasteiger partial charge in [-0.2, -0.15) is 0 Å². The molecule has 0 bridgehead atoms. The van der Waals surface area contributed by atoms with E-state index in [0.717, 1.165) is 24.3 Å². The Kier molecular flexibility index (Phi) is 3.44. The summed E-state index contributed by atoms with van der Waals surface area (Å²) < 4.78 is 0. The summed E-state index contributed by atoms with van der Waals surface area (Å²) in [5.41, 5.74) is 2.06. The number of hydrogen-bond donors (Lipinski definition) is 2. The third-order valence-electron chi connectivity index (χ3n) is 2.73. The van der Waals surface area contributed by atoms with Gasteiger partial charge in [-0.25, -0.2) is 4.98 Å². The molecule has 82 valence electrons. The molecule has 1 aliphatic rings. The maximum absolute atomic E-state index is 5.86. The van der Waals surface area contributed by atoms with E-state index in [1.165, 1.54) is 12.8 Å². The standard InChI is InChI=1S/C11H16ClN3/c1-8-5-10(7-15-11(8)12)14-6-9-3-2-4-13-9/h5,7,9,13-14H,2-4,6H2,1H3. The van der Waals surface area contributed by atoms with Gasteiger partial charge in [-0.15, -0.1) is 0 Å². The molecular formula is C11H16ClN3. The maximum atomic E-state index is 5.86. The minimum Gasteiger partial charge on any atom is -0.382 e. The monoisotopic (exact) mass is 225 g/mol. The minimum absolute atomic E-state index is 0.583. The Balaban J connectivity index is 1.90. The van der Waals surface area contributed by atoms with Gasteiger partial charge in [0.25, 0.3) is 0 Å². The van der Waals surface area contributed by atoms with Crippen LogP contribution in [-0.4, -0.2) is 24.1 Å². The third-order valence-corrected chi connectivity index (χ3v) is 3.13. The maximum Gasteiger partial charge on any atom is 0.132 e. The summed E-state index contributed by atoms with van der Waals surface area (Å²) in [6.45, 7) is 4.07. The highest BCUT2D eigenvalue weighted by atomic mass is 35.5. The fraction of sp³-hybridized carbons (Fsp3) is 0.545. The molecule has 0 radical (unpaired) electrons. The number of aromatic nitrogens is 1. The van der Waals surface area contributed by atoms with Crippen molar-refractivity contribution in [3.63, 3.8) is 0 Å². The van der Waals surface area contributed by atoms with Crippen LogP contribution in [0.3, 0.4) is 0 Å². The molecule has 1 atom stereocenters. The van der Waals surface area contributed by atoms with Crippen molar-refractivity contribution in [2.75, 3.05) is 18.4 Å². The van der Waals surface area contributed by atoms with E-state index in [0.29, 0.717) is 11.2 Å². The first-order valence-electron chi connectivity index (χ1n) is 5.35. The number of hydrogen-bond acceptors (Lipinski definition) is 3. The number of aryl methyl sites for hydroxylation is 1. The largest absolute Gasteiger partial charge is 0.382 e. The lowest BCUT2D eigenvalue weighted by molar-refractivity contribution is 0.633. The first kappa shape index (κ1) is 10.7. The van der Waals surface area contributed by atoms with E-state index in [1.54, 1.807) is 6.20 Å². The summed E-state index contributed by atoms with van der Waals surface area (Å²) >= 11 is 5.86. The summed E-state index contributed by atoms with van der Waals surface area (Å²) in [5, 5.41) is 7.40. The first-order valence-corrected chi connectivity index (χ1v) is 5.73. The lowest BCUT2D eigenvalue weighted by atomic mass is 10.2. The second-order valence-corrected chi connectivity index (χ2v) is 4.36. The van der Waals surface area contributed by atoms with Crippen molar-refractivity contribution in [3.8, 4) is 0 Å². The highest BCUT2D eigenvalue weighted by molar-refractivity contribution is 6.30. The highest BCUT2D eigenvalue weighted by Gasteiger charge is 2.13. The van der Waals surface area contributed by atoms with Crippen molar-refractivity contribution in [2.24, 2.45) is 0 Å². The van der Waals surface area contributed by atoms with Crippen LogP contribution in [0.15, 0.2) is 12.3 Å². The molecule has 1 aromatic heterocycles. The quantitative estimate of drug-likeness (QED) is 0.775. The van der Waals surface area contributed by atoms with E-state index >= 15 is 0 Å². The van der Waals surface area contributed by atoms with Crippen LogP contribution >= 0.6 is 11.6 Å². The van der Waals surface area contributed by atoms with Gasteiger partial charge in [0.2, 0.25) is 0 Å². The molecule has 0 saturated carbocycles. The smallest absolute Gasteiger partial charge is 0.132 e. The Morgan fingerprint density at radius 1 is 1.67 bits per heavy atom. The summed E-state index contributed by atoms with van der Waals surface area (Å²) in [4.78, 5) is 4.11. The molecule has 3 nitrogen and oxygen atoms in total. The van der Waals surface area contributed by atoms with Gasteiger partial charge >= 0.3 is 0 Å². The van der Waals surface area contributed by atoms with Gasteiger partial charge in [-0.3, -0.25) is 0 Å². The number of anilines is 1. The molecule has 2 heterocycles. The van der Waals surface area contributed by atoms with Gasteiger partial charge in [-0.1, -0.05) is 11.6 Å². The van der Waals surface area contributed by atoms with Gasteiger partial charge in [0.1, 0.15) is 5.15 Å². The zero-order valence-corrected chi connectivity index (χ0v) is 9.64. The van der Waals surface area contributed by atoms with Gasteiger partial charge in [0.15, 0.2) is 0 Å². The molecule has 4 heteroatoms. The molecule has 1 saturated heterocycles. The Labute approximate surface area is 95.2 Å². The van der Waals surface area contributed by atoms with Crippen molar-refractivity contribution < 1.29 is 0 Å². The third kappa shape index (κ3) is 2.83. The summed E-state index contributed by atoms with van der Waals surface area (Å²) in [7, 11) is 0. The SMILES string of the molecule is Cc1cc(NCC2CCCN2)cnc1Cl. The number of nitrogens with zero attached hydrogens (tertiary/aromatic N) is 1. The predicted octanol–water partition coefficient (Wildman–Crippen LogP) is 2.21. The fourth-order valence-corrected chi connectivity index (χ4v) is 1.93. The Morgan fingerprint density at radius 2 is 2.53 bits per heavy atom. The molecule has 1 aliphatic heterocycles. The Morgan fingerprint density at radius 3 is 3.20 bits per heavy atom. The first-order chi connectivity index (χ1) is 7.25. The zero-order chi connectivity index (χ0) is 10.7. The van der Waals surface area contributed by atoms with Crippen LogP contribution < -0.4 is 10.6 Å². The fourth-order valence-electron chi connectivity index (χ4n) is 1.83. The second kappa shape index (κ2) is 4.81. The van der Waals surface area contributed by atoms with Gasteiger partial charge in [0.05, 0.1) is 11.9 Å². The van der Waals surface area contributed by atoms with Crippen molar-refractivity contribution in [3.05, 3.63) is 23.0 Å². The molecule has 1 aromatic rings. The lowest BCUT2D eigenvalue weighted by Gasteiger charge is -2.12. The van der Waals surface area contributed by atoms with Crippen molar-refractivity contribution in [1.82, 2.24) is 10.3 Å². The highest BCUT2D eigenvalue weighted by Crippen LogP contribution is 2.16. The number of nitrogens with one attached hydrogen (secondary N) is 2. The summed E-state index contributed by atoms with van der Waals surface area (Å²) in [6.07, 6.45) is 4.32. The van der Waals surface area contributed by atoms with Crippen LogP contribution in [0.4, 0.5) is 5.69 Å². The molecule has 0 aromatic carbocycles. The summed E-state index contributed by atoms with van der Waals surface area (Å²) in [6, 6.07) is 2.63. The lowest BCUT2D eigenvalue weighted by Crippen LogP contribution is -2.29. The molecule has 0 spiro atoms. The average Bonchev–Trinajstić information content (AvgIpc) is 2.73. The van der Waals surface area contributed by atoms with Crippen LogP contribution in [0.5, 0.6) is 0 Å². The molecule has 0 amide bonds. The summed E-state index contributed by atoms with van der Waals surface area (Å²) in [5.74, 6) is 0. The molecule has 2 rings (SSSR count). The van der Waals surface area contributed by atoms with E-state index in [-0.39, 0.29) is 0 Å². The predicted molar refractivity (Wildman–Crippen MR) is 63.5 cm³/mol. The van der Waals surface area contributed by atoms with Crippen molar-refractivity contribution >= 4 is 17.3 Å². The van der Waals surface area contributed by atoms with E-state index in [2.05, 4.69) is 15.6 Å². The van der Waals surface area contributed by atoms with Crippen molar-refractivity contribution in [1.29, 1.82) is 0 Å².